The van der Waals surface area contributed by atoms with E-state index >= 15 is 0 Å². The Kier molecular flexibility index (Phi) is 9.78. The molecule has 3 aromatic carbocycles. The first-order valence-corrected chi connectivity index (χ1v) is 14.7. The van der Waals surface area contributed by atoms with Gasteiger partial charge < -0.3 is 33.6 Å². The highest BCUT2D eigenvalue weighted by Crippen LogP contribution is 2.46. The first-order chi connectivity index (χ1) is 19.7. The molecule has 4 aromatic rings. The third-order valence-electron chi connectivity index (χ3n) is 7.63. The van der Waals surface area contributed by atoms with Gasteiger partial charge in [0.15, 0.2) is 0 Å². The summed E-state index contributed by atoms with van der Waals surface area (Å²) >= 11 is 1.86. The number of aryl methyl sites for hydroxylation is 1. The summed E-state index contributed by atoms with van der Waals surface area (Å²) < 4.78 is 7.78. The Labute approximate surface area is 263 Å². The van der Waals surface area contributed by atoms with Gasteiger partial charge in [-0.15, -0.1) is 0 Å². The summed E-state index contributed by atoms with van der Waals surface area (Å²) in [4.78, 5) is 6.32. The Morgan fingerprint density at radius 1 is 0.951 bits per heavy atom. The minimum Gasteiger partial charge on any atom is -1.00 e. The average molecular weight is 673 g/mol. The molecular formula is C34H33IN4OS. The van der Waals surface area contributed by atoms with E-state index in [9.17, 15) is 0 Å². The van der Waals surface area contributed by atoms with Gasteiger partial charge >= 0.3 is 0 Å². The van der Waals surface area contributed by atoms with Crippen molar-refractivity contribution in [1.29, 1.82) is 5.26 Å². The van der Waals surface area contributed by atoms with Crippen LogP contribution in [0.1, 0.15) is 28.8 Å². The van der Waals surface area contributed by atoms with Gasteiger partial charge in [0.25, 0.3) is 0 Å². The molecule has 0 bridgehead atoms. The van der Waals surface area contributed by atoms with Crippen LogP contribution in [0.15, 0.2) is 88.8 Å². The molecule has 0 unspecified atom stereocenters. The van der Waals surface area contributed by atoms with Gasteiger partial charge in [0.1, 0.15) is 7.05 Å². The van der Waals surface area contributed by atoms with Gasteiger partial charge in [-0.1, -0.05) is 48.2 Å². The average Bonchev–Trinajstić information content (AvgIpc) is 3.35. The number of thioether (sulfide) groups is 1. The van der Waals surface area contributed by atoms with E-state index in [-0.39, 0.29) is 24.0 Å². The second kappa shape index (κ2) is 13.7. The van der Waals surface area contributed by atoms with Crippen molar-refractivity contribution in [2.45, 2.75) is 11.3 Å². The minimum atomic E-state index is 0. The molecule has 2 aliphatic heterocycles. The standard InChI is InChI=1S/C34H33N4OS.HI/c1-36-29(16-15-26-11-13-27(25-35)14-12-26)23-28(30-7-2-3-8-31(30)36)24-34-38(32-9-4-5-10-33(32)40-34)18-6-17-37-19-21-39-22-20-37;/h2-5,7-16,23-24H,6,17-22H2,1H3;1H/q+1;/p-1/b16-15+;. The van der Waals surface area contributed by atoms with Crippen LogP contribution in [-0.2, 0) is 11.8 Å². The summed E-state index contributed by atoms with van der Waals surface area (Å²) in [6.07, 6.45) is 7.74. The van der Waals surface area contributed by atoms with Crippen molar-refractivity contribution in [3.05, 3.63) is 106 Å². The summed E-state index contributed by atoms with van der Waals surface area (Å²) in [6, 6.07) is 29.5. The Bertz CT molecular complexity index is 1620. The molecule has 0 radical (unpaired) electrons. The van der Waals surface area contributed by atoms with Crippen LogP contribution in [-0.4, -0.2) is 44.3 Å². The fourth-order valence-electron chi connectivity index (χ4n) is 5.41. The van der Waals surface area contributed by atoms with Crippen molar-refractivity contribution >= 4 is 46.6 Å². The number of para-hydroxylation sites is 2. The number of hydrogen-bond acceptors (Lipinski definition) is 5. The third kappa shape index (κ3) is 6.68. The molecule has 41 heavy (non-hydrogen) atoms. The monoisotopic (exact) mass is 672 g/mol. The number of nitriles is 1. The highest BCUT2D eigenvalue weighted by atomic mass is 127. The summed E-state index contributed by atoms with van der Waals surface area (Å²) in [5, 5.41) is 11.6. The summed E-state index contributed by atoms with van der Waals surface area (Å²) in [5.74, 6) is 0. The normalized spacial score (nSPS) is 16.2. The van der Waals surface area contributed by atoms with Gasteiger partial charge in [-0.25, -0.2) is 0 Å². The van der Waals surface area contributed by atoms with Gasteiger partial charge in [0.05, 0.1) is 40.9 Å². The van der Waals surface area contributed by atoms with Crippen LogP contribution in [0.3, 0.4) is 0 Å². The van der Waals surface area contributed by atoms with Crippen molar-refractivity contribution in [3.63, 3.8) is 0 Å². The summed E-state index contributed by atoms with van der Waals surface area (Å²) in [5.41, 5.74) is 6.56. The molecule has 0 aliphatic carbocycles. The minimum absolute atomic E-state index is 0. The number of aromatic nitrogens is 1. The van der Waals surface area contributed by atoms with Gasteiger partial charge in [0.2, 0.25) is 11.2 Å². The smallest absolute Gasteiger partial charge is 0.213 e. The maximum Gasteiger partial charge on any atom is 0.213 e. The lowest BCUT2D eigenvalue weighted by Gasteiger charge is -2.28. The molecular weight excluding hydrogens is 639 g/mol. The number of fused-ring (bicyclic) bond motifs is 2. The molecule has 1 saturated heterocycles. The van der Waals surface area contributed by atoms with Gasteiger partial charge in [-0.3, -0.25) is 4.90 Å². The predicted octanol–water partition coefficient (Wildman–Crippen LogP) is 3.34. The van der Waals surface area contributed by atoms with Crippen molar-refractivity contribution < 1.29 is 33.3 Å². The van der Waals surface area contributed by atoms with E-state index in [0.717, 1.165) is 57.1 Å². The SMILES string of the molecule is C[n+]1c(/C=C/c2ccc(C#N)cc2)cc(/C=C2\Sc3ccccc3N2CCCN2CCOCC2)c2ccccc21.[I-]. The molecule has 208 valence electrons. The largest absolute Gasteiger partial charge is 1.00 e. The van der Waals surface area contributed by atoms with Gasteiger partial charge in [-0.05, 0) is 60.0 Å². The van der Waals surface area contributed by atoms with E-state index in [1.807, 2.05) is 36.0 Å². The number of pyridine rings is 1. The van der Waals surface area contributed by atoms with Crippen LogP contribution in [0.5, 0.6) is 0 Å². The second-order valence-electron chi connectivity index (χ2n) is 10.2. The second-order valence-corrected chi connectivity index (χ2v) is 11.2. The maximum absolute atomic E-state index is 9.12. The van der Waals surface area contributed by atoms with E-state index < -0.39 is 0 Å². The fraction of sp³-hybridized carbons (Fsp3) is 0.235. The molecule has 3 heterocycles. The molecule has 0 amide bonds. The lowest BCUT2D eigenvalue weighted by Crippen LogP contribution is -3.00. The molecule has 1 fully saturated rings. The zero-order valence-electron chi connectivity index (χ0n) is 23.2. The first kappa shape index (κ1) is 29.3. The Morgan fingerprint density at radius 2 is 1.71 bits per heavy atom. The number of anilines is 1. The zero-order chi connectivity index (χ0) is 27.3. The van der Waals surface area contributed by atoms with E-state index in [4.69, 9.17) is 10.00 Å². The number of nitrogens with zero attached hydrogens (tertiary/aromatic N) is 4. The number of halogens is 1. The van der Waals surface area contributed by atoms with E-state index in [0.29, 0.717) is 5.56 Å². The van der Waals surface area contributed by atoms with Crippen LogP contribution in [0.2, 0.25) is 0 Å². The molecule has 2 aliphatic rings. The van der Waals surface area contributed by atoms with Crippen LogP contribution in [0, 0.1) is 11.3 Å². The Balaban J connectivity index is 0.00000337. The van der Waals surface area contributed by atoms with Crippen LogP contribution >= 0.6 is 11.8 Å². The van der Waals surface area contributed by atoms with E-state index in [1.165, 1.54) is 32.1 Å². The number of hydrogen-bond donors (Lipinski definition) is 0. The van der Waals surface area contributed by atoms with Crippen molar-refractivity contribution in [3.8, 4) is 6.07 Å². The third-order valence-corrected chi connectivity index (χ3v) is 8.74. The highest BCUT2D eigenvalue weighted by Gasteiger charge is 2.25. The lowest BCUT2D eigenvalue weighted by atomic mass is 10.1. The van der Waals surface area contributed by atoms with Crippen LogP contribution in [0.25, 0.3) is 29.1 Å². The van der Waals surface area contributed by atoms with Crippen LogP contribution < -0.4 is 33.4 Å². The van der Waals surface area contributed by atoms with Crippen molar-refractivity contribution in [2.24, 2.45) is 7.05 Å². The Hall–Kier alpha value is -3.16. The molecule has 1 aromatic heterocycles. The number of benzene rings is 3. The predicted molar refractivity (Wildman–Crippen MR) is 165 cm³/mol. The quantitative estimate of drug-likeness (QED) is 0.223. The number of rotatable bonds is 7. The Morgan fingerprint density at radius 3 is 2.51 bits per heavy atom. The van der Waals surface area contributed by atoms with Crippen molar-refractivity contribution in [1.82, 2.24) is 4.90 Å². The fourth-order valence-corrected chi connectivity index (χ4v) is 6.55. The molecule has 0 atom stereocenters. The van der Waals surface area contributed by atoms with Gasteiger partial charge in [-0.2, -0.15) is 9.83 Å². The topological polar surface area (TPSA) is 43.4 Å². The van der Waals surface area contributed by atoms with Crippen LogP contribution in [0.4, 0.5) is 5.69 Å². The number of ether oxygens (including phenoxy) is 1. The first-order valence-electron chi connectivity index (χ1n) is 13.9. The lowest BCUT2D eigenvalue weighted by molar-refractivity contribution is -0.646. The molecule has 5 nitrogen and oxygen atoms in total. The molecule has 7 heteroatoms. The molecule has 0 N–H and O–H groups in total. The number of morpholine rings is 1. The molecule has 0 spiro atoms. The van der Waals surface area contributed by atoms with Gasteiger partial charge in [0, 0.05) is 49.3 Å². The molecule has 6 rings (SSSR count). The molecule has 0 saturated carbocycles. The summed E-state index contributed by atoms with van der Waals surface area (Å²) in [6.45, 7) is 5.81. The zero-order valence-corrected chi connectivity index (χ0v) is 26.1. The maximum atomic E-state index is 9.12. The summed E-state index contributed by atoms with van der Waals surface area (Å²) in [7, 11) is 2.12. The highest BCUT2D eigenvalue weighted by molar-refractivity contribution is 8.03. The van der Waals surface area contributed by atoms with E-state index in [2.05, 4.69) is 100 Å². The van der Waals surface area contributed by atoms with E-state index in [1.54, 1.807) is 0 Å². The van der Waals surface area contributed by atoms with Crippen molar-refractivity contribution in [2.75, 3.05) is 44.3 Å².